The van der Waals surface area contributed by atoms with E-state index in [2.05, 4.69) is 55.6 Å². The van der Waals surface area contributed by atoms with Crippen molar-refractivity contribution >= 4 is 99.6 Å². The number of phenolic OH excluding ortho intramolecular Hbond substituents is 2. The molecule has 0 aliphatic heterocycles. The molecule has 26 nitrogen and oxygen atoms in total. The van der Waals surface area contributed by atoms with Gasteiger partial charge in [-0.1, -0.05) is 17.2 Å². The highest BCUT2D eigenvalue weighted by molar-refractivity contribution is 7.94. The third-order valence-electron chi connectivity index (χ3n) is 10.2. The normalized spacial score (nSPS) is 12.1. The molecule has 0 aliphatic rings. The van der Waals surface area contributed by atoms with Crippen LogP contribution in [0.4, 0.5) is 45.5 Å². The van der Waals surface area contributed by atoms with Gasteiger partial charge in [0.15, 0.2) is 12.5 Å². The van der Waals surface area contributed by atoms with Crippen molar-refractivity contribution in [3.05, 3.63) is 109 Å². The number of fused-ring (bicyclic) bond motifs is 2. The summed E-state index contributed by atoms with van der Waals surface area (Å²) in [5.41, 5.74) is 6.18. The van der Waals surface area contributed by atoms with E-state index in [4.69, 9.17) is 29.9 Å². The Morgan fingerprint density at radius 1 is 0.658 bits per heavy atom. The SMILES string of the molecule is COc1cc(N=Nc2c(SOOO)cc3cc(NCOc4ccc(N)cc4)ccc3c2O)c(O)cc1N=Nc1cc(OC)c(N=Nc2cc3nn(-c4ccccc4S(=O)(=O)O)nc3cc2S(=O)(=O)O)cc1OC. The zero-order valence-corrected chi connectivity index (χ0v) is 40.2. The fourth-order valence-electron chi connectivity index (χ4n) is 6.82. The van der Waals surface area contributed by atoms with E-state index in [0.717, 1.165) is 23.0 Å². The maximum absolute atomic E-state index is 12.5. The number of benzene rings is 7. The summed E-state index contributed by atoms with van der Waals surface area (Å²) in [4.78, 5) is -0.230. The highest BCUT2D eigenvalue weighted by Gasteiger charge is 2.23. The van der Waals surface area contributed by atoms with E-state index in [1.807, 2.05) is 0 Å². The second-order valence-electron chi connectivity index (χ2n) is 14.8. The van der Waals surface area contributed by atoms with Gasteiger partial charge in [-0.25, -0.2) is 5.26 Å². The van der Waals surface area contributed by atoms with E-state index in [1.165, 1.54) is 63.8 Å². The number of aromatic hydroxyl groups is 2. The van der Waals surface area contributed by atoms with Gasteiger partial charge in [-0.05, 0) is 78.2 Å². The molecule has 8 aromatic rings. The van der Waals surface area contributed by atoms with Gasteiger partial charge in [0, 0.05) is 41.0 Å². The number of nitrogens with two attached hydrogens (primary N) is 1. The molecule has 1 heterocycles. The number of nitrogens with one attached hydrogen (secondary N) is 1. The molecule has 0 unspecified atom stereocenters. The van der Waals surface area contributed by atoms with Crippen molar-refractivity contribution in [2.24, 2.45) is 30.7 Å². The molecule has 29 heteroatoms. The largest absolute Gasteiger partial charge is 0.506 e. The van der Waals surface area contributed by atoms with Crippen LogP contribution in [0.15, 0.2) is 155 Å². The van der Waals surface area contributed by atoms with Crippen LogP contribution in [0.2, 0.25) is 0 Å². The number of para-hydroxylation sites is 1. The first kappa shape index (κ1) is 50.8. The number of hydrogen-bond donors (Lipinski definition) is 7. The molecule has 0 radical (unpaired) electrons. The van der Waals surface area contributed by atoms with Crippen molar-refractivity contribution in [3.8, 4) is 40.2 Å². The predicted molar refractivity (Wildman–Crippen MR) is 261 cm³/mol. The molecule has 0 atom stereocenters. The van der Waals surface area contributed by atoms with Crippen molar-refractivity contribution in [2.75, 3.05) is 39.1 Å². The topological polar surface area (TPSA) is 368 Å². The number of nitrogen functional groups attached to an aromatic ring is 1. The van der Waals surface area contributed by atoms with E-state index < -0.39 is 41.5 Å². The van der Waals surface area contributed by atoms with E-state index in [-0.39, 0.29) is 79.8 Å². The van der Waals surface area contributed by atoms with Crippen LogP contribution in [0, 0.1) is 0 Å². The monoisotopic (exact) mass is 1060 g/mol. The molecular formula is C44H37N11O15S3. The van der Waals surface area contributed by atoms with Crippen LogP contribution in [0.1, 0.15) is 0 Å². The lowest BCUT2D eigenvalue weighted by Crippen LogP contribution is -2.08. The van der Waals surface area contributed by atoms with Gasteiger partial charge in [-0.3, -0.25) is 9.11 Å². The number of methoxy groups -OCH3 is 3. The van der Waals surface area contributed by atoms with Gasteiger partial charge in [-0.2, -0.15) is 16.8 Å². The van der Waals surface area contributed by atoms with Crippen LogP contribution in [0.5, 0.6) is 34.5 Å². The van der Waals surface area contributed by atoms with Crippen LogP contribution in [0.25, 0.3) is 27.5 Å². The molecule has 0 spiro atoms. The molecule has 1 aromatic heterocycles. The number of phenols is 2. The van der Waals surface area contributed by atoms with Crippen molar-refractivity contribution in [1.29, 1.82) is 0 Å². The maximum atomic E-state index is 12.5. The predicted octanol–water partition coefficient (Wildman–Crippen LogP) is 10.2. The molecule has 73 heavy (non-hydrogen) atoms. The molecule has 0 bridgehead atoms. The molecule has 8 N–H and O–H groups in total. The molecule has 0 saturated heterocycles. The van der Waals surface area contributed by atoms with Gasteiger partial charge in [0.1, 0.15) is 89.4 Å². The Morgan fingerprint density at radius 2 is 1.23 bits per heavy atom. The lowest BCUT2D eigenvalue weighted by molar-refractivity contribution is -0.432. The van der Waals surface area contributed by atoms with E-state index in [9.17, 15) is 36.2 Å². The second kappa shape index (κ2) is 21.4. The zero-order chi connectivity index (χ0) is 52.0. The Kier molecular flexibility index (Phi) is 14.9. The number of anilines is 2. The highest BCUT2D eigenvalue weighted by atomic mass is 32.2. The molecular weight excluding hydrogens is 1020 g/mol. The summed E-state index contributed by atoms with van der Waals surface area (Å²) in [5, 5.41) is 72.5. The molecule has 376 valence electrons. The van der Waals surface area contributed by atoms with Crippen LogP contribution in [-0.2, 0) is 29.6 Å². The summed E-state index contributed by atoms with van der Waals surface area (Å²) in [5.74, 6) is 0.00648. The molecule has 7 aromatic carbocycles. The van der Waals surface area contributed by atoms with Crippen molar-refractivity contribution < 1.29 is 69.7 Å². The van der Waals surface area contributed by atoms with Crippen LogP contribution in [-0.4, -0.2) is 84.5 Å². The van der Waals surface area contributed by atoms with E-state index in [1.54, 1.807) is 48.5 Å². The minimum absolute atomic E-state index is 0.00350. The Morgan fingerprint density at radius 3 is 1.85 bits per heavy atom. The minimum Gasteiger partial charge on any atom is -0.506 e. The van der Waals surface area contributed by atoms with Crippen LogP contribution < -0.4 is 30.0 Å². The fraction of sp³-hybridized carbons (Fsp3) is 0.0909. The first-order valence-corrected chi connectivity index (χ1v) is 24.1. The zero-order valence-electron chi connectivity index (χ0n) is 37.7. The lowest BCUT2D eigenvalue weighted by Gasteiger charge is -2.12. The summed E-state index contributed by atoms with van der Waals surface area (Å²) < 4.78 is 95.8. The second-order valence-corrected chi connectivity index (χ2v) is 18.3. The number of ether oxygens (including phenoxy) is 4. The van der Waals surface area contributed by atoms with Crippen LogP contribution in [0.3, 0.4) is 0 Å². The number of hydrogen-bond acceptors (Lipinski definition) is 24. The summed E-state index contributed by atoms with van der Waals surface area (Å²) in [7, 11) is -5.73. The molecule has 0 aliphatic carbocycles. The number of azo groups is 3. The lowest BCUT2D eigenvalue weighted by atomic mass is 10.1. The minimum atomic E-state index is -4.96. The van der Waals surface area contributed by atoms with Gasteiger partial charge < -0.3 is 40.2 Å². The smallest absolute Gasteiger partial charge is 0.296 e. The Labute approximate surface area is 416 Å². The van der Waals surface area contributed by atoms with E-state index >= 15 is 0 Å². The van der Waals surface area contributed by atoms with Crippen LogP contribution >= 0.6 is 12.0 Å². The molecule has 0 fully saturated rings. The van der Waals surface area contributed by atoms with Gasteiger partial charge in [0.25, 0.3) is 20.2 Å². The standard InChI is InChI=1S/C44H37N11O15S3/c1-65-37-18-30(47-52-43-40(71-70-69-58)15-23-14-25(10-13-27(23)44(43)57)46-22-68-26-11-8-24(45)9-12-26)36(56)17-31(37)48-49-32-19-39(67-3)33(20-38(32)66-2)50-51-34-16-28-29(21-42(34)73(62,63)64)54-55(53-28)35-6-4-5-7-41(35)72(59,60)61/h4-21,46,56-58H,22,45H2,1-3H3,(H,59,60,61)(H,62,63,64). The Balaban J connectivity index is 1.05. The number of aromatic nitrogens is 3. The van der Waals surface area contributed by atoms with Crippen molar-refractivity contribution in [1.82, 2.24) is 15.0 Å². The first-order valence-electron chi connectivity index (χ1n) is 20.5. The molecule has 0 saturated carbocycles. The van der Waals surface area contributed by atoms with Crippen molar-refractivity contribution in [2.45, 2.75) is 14.7 Å². The number of rotatable bonds is 19. The van der Waals surface area contributed by atoms with E-state index in [0.29, 0.717) is 39.9 Å². The Bertz CT molecular complexity index is 3730. The first-order chi connectivity index (χ1) is 35.0. The quantitative estimate of drug-likeness (QED) is 0.00752. The van der Waals surface area contributed by atoms with Gasteiger partial charge in [-0.15, -0.1) is 50.0 Å². The third-order valence-corrected chi connectivity index (χ3v) is 12.6. The number of nitrogens with zero attached hydrogens (tertiary/aromatic N) is 9. The molecule has 0 amide bonds. The van der Waals surface area contributed by atoms with Gasteiger partial charge in [0.2, 0.25) is 0 Å². The summed E-state index contributed by atoms with van der Waals surface area (Å²) in [6, 6.07) is 26.1. The Hall–Kier alpha value is -8.55. The third kappa shape index (κ3) is 11.5. The fourth-order valence-corrected chi connectivity index (χ4v) is 8.60. The van der Waals surface area contributed by atoms with Gasteiger partial charge >= 0.3 is 0 Å². The summed E-state index contributed by atoms with van der Waals surface area (Å²) >= 11 is 0.520. The van der Waals surface area contributed by atoms with Gasteiger partial charge in [0.05, 0.1) is 38.3 Å². The maximum Gasteiger partial charge on any atom is 0.296 e. The molecule has 8 rings (SSSR count). The summed E-state index contributed by atoms with van der Waals surface area (Å²) in [6.45, 7) is 0.112. The summed E-state index contributed by atoms with van der Waals surface area (Å²) in [6.07, 6.45) is 0. The highest BCUT2D eigenvalue weighted by Crippen LogP contribution is 2.47. The average molecular weight is 1060 g/mol. The average Bonchev–Trinajstić information content (AvgIpc) is 3.80. The van der Waals surface area contributed by atoms with Crippen molar-refractivity contribution in [3.63, 3.8) is 0 Å².